The van der Waals surface area contributed by atoms with Crippen LogP contribution in [0.1, 0.15) is 32.6 Å². The van der Waals surface area contributed by atoms with Gasteiger partial charge in [0.2, 0.25) is 0 Å². The van der Waals surface area contributed by atoms with Gasteiger partial charge in [-0.1, -0.05) is 13.0 Å². The molecule has 0 spiro atoms. The summed E-state index contributed by atoms with van der Waals surface area (Å²) < 4.78 is 0. The number of carbonyl (C=O) groups is 1. The van der Waals surface area contributed by atoms with Crippen molar-refractivity contribution in [2.45, 2.75) is 38.1 Å². The van der Waals surface area contributed by atoms with Gasteiger partial charge < -0.3 is 15.5 Å². The van der Waals surface area contributed by atoms with E-state index in [1.54, 1.807) is 6.08 Å². The van der Waals surface area contributed by atoms with Crippen molar-refractivity contribution >= 4 is 5.97 Å². The summed E-state index contributed by atoms with van der Waals surface area (Å²) in [6.07, 6.45) is 6.88. The molecule has 3 N–H and O–H groups in total. The molecule has 4 nitrogen and oxygen atoms in total. The van der Waals surface area contributed by atoms with Crippen LogP contribution in [0.5, 0.6) is 0 Å². The lowest BCUT2D eigenvalue weighted by Crippen LogP contribution is -2.50. The van der Waals surface area contributed by atoms with Crippen LogP contribution in [0.3, 0.4) is 0 Å². The summed E-state index contributed by atoms with van der Waals surface area (Å²) in [5, 5.41) is 21.1. The molecule has 1 rings (SSSR count). The van der Waals surface area contributed by atoms with E-state index in [4.69, 9.17) is 5.11 Å². The summed E-state index contributed by atoms with van der Waals surface area (Å²) >= 11 is 0. The maximum absolute atomic E-state index is 10.3. The Morgan fingerprint density at radius 3 is 2.62 bits per heavy atom. The first-order valence-corrected chi connectivity index (χ1v) is 5.83. The van der Waals surface area contributed by atoms with Crippen LogP contribution < -0.4 is 5.32 Å². The lowest BCUT2D eigenvalue weighted by Gasteiger charge is -2.38. The third-order valence-electron chi connectivity index (χ3n) is 3.39. The molecule has 1 saturated carbocycles. The van der Waals surface area contributed by atoms with Crippen molar-refractivity contribution in [1.82, 2.24) is 5.32 Å². The molecule has 0 atom stereocenters. The van der Waals surface area contributed by atoms with Gasteiger partial charge in [0.05, 0.1) is 6.61 Å². The smallest absolute Gasteiger partial charge is 0.328 e. The SMILES string of the molecule is CC1CCC(CO)(NC/C=C/C(=O)O)CC1. The second-order valence-corrected chi connectivity index (χ2v) is 4.74. The van der Waals surface area contributed by atoms with Crippen molar-refractivity contribution in [2.75, 3.05) is 13.2 Å². The lowest BCUT2D eigenvalue weighted by molar-refractivity contribution is -0.131. The molecule has 0 radical (unpaired) electrons. The molecule has 0 heterocycles. The minimum atomic E-state index is -0.933. The molecular formula is C12H21NO3. The van der Waals surface area contributed by atoms with E-state index in [1.807, 2.05) is 0 Å². The van der Waals surface area contributed by atoms with Crippen LogP contribution in [-0.4, -0.2) is 34.9 Å². The highest BCUT2D eigenvalue weighted by Gasteiger charge is 2.32. The van der Waals surface area contributed by atoms with Crippen molar-refractivity contribution in [3.63, 3.8) is 0 Å². The summed E-state index contributed by atoms with van der Waals surface area (Å²) in [5.74, 6) is -0.201. The van der Waals surface area contributed by atoms with E-state index in [0.29, 0.717) is 6.54 Å². The van der Waals surface area contributed by atoms with Gasteiger partial charge in [-0.05, 0) is 31.6 Å². The molecule has 16 heavy (non-hydrogen) atoms. The summed E-state index contributed by atoms with van der Waals surface area (Å²) in [6.45, 7) is 2.85. The summed E-state index contributed by atoms with van der Waals surface area (Å²) in [7, 11) is 0. The molecule has 0 aliphatic heterocycles. The normalized spacial score (nSPS) is 30.8. The van der Waals surface area contributed by atoms with Crippen LogP contribution in [0.4, 0.5) is 0 Å². The number of carboxylic acids is 1. The maximum Gasteiger partial charge on any atom is 0.328 e. The summed E-state index contributed by atoms with van der Waals surface area (Å²) in [6, 6.07) is 0. The Morgan fingerprint density at radius 1 is 1.50 bits per heavy atom. The first-order valence-electron chi connectivity index (χ1n) is 5.83. The van der Waals surface area contributed by atoms with E-state index in [-0.39, 0.29) is 12.1 Å². The van der Waals surface area contributed by atoms with Crippen LogP contribution in [0.25, 0.3) is 0 Å². The Hall–Kier alpha value is -0.870. The topological polar surface area (TPSA) is 69.6 Å². The van der Waals surface area contributed by atoms with Gasteiger partial charge in [-0.25, -0.2) is 4.79 Å². The van der Waals surface area contributed by atoms with E-state index in [2.05, 4.69) is 12.2 Å². The predicted octanol–water partition coefficient (Wildman–Crippen LogP) is 1.16. The van der Waals surface area contributed by atoms with Crippen LogP contribution in [0.15, 0.2) is 12.2 Å². The lowest BCUT2D eigenvalue weighted by atomic mass is 9.77. The van der Waals surface area contributed by atoms with Crippen molar-refractivity contribution in [1.29, 1.82) is 0 Å². The zero-order chi connectivity index (χ0) is 12.0. The molecule has 1 aliphatic carbocycles. The number of aliphatic carboxylic acids is 1. The van der Waals surface area contributed by atoms with Crippen molar-refractivity contribution in [3.8, 4) is 0 Å². The number of carboxylic acid groups (broad SMARTS) is 1. The standard InChI is InChI=1S/C12H21NO3/c1-10-4-6-12(9-14,7-5-10)13-8-2-3-11(15)16/h2-3,10,13-14H,4-9H2,1H3,(H,15,16)/b3-2+. The second kappa shape index (κ2) is 6.01. The van der Waals surface area contributed by atoms with Crippen molar-refractivity contribution in [3.05, 3.63) is 12.2 Å². The number of aliphatic hydroxyl groups excluding tert-OH is 1. The molecule has 0 amide bonds. The van der Waals surface area contributed by atoms with Crippen LogP contribution in [-0.2, 0) is 4.79 Å². The van der Waals surface area contributed by atoms with E-state index in [9.17, 15) is 9.90 Å². The van der Waals surface area contributed by atoms with Crippen molar-refractivity contribution in [2.24, 2.45) is 5.92 Å². The molecule has 0 saturated heterocycles. The monoisotopic (exact) mass is 227 g/mol. The predicted molar refractivity (Wildman–Crippen MR) is 62.2 cm³/mol. The Kier molecular flexibility index (Phi) is 4.96. The first-order chi connectivity index (χ1) is 7.58. The average molecular weight is 227 g/mol. The van der Waals surface area contributed by atoms with Gasteiger partial charge in [0.15, 0.2) is 0 Å². The molecule has 92 valence electrons. The zero-order valence-corrected chi connectivity index (χ0v) is 9.78. The molecule has 0 aromatic heterocycles. The Morgan fingerprint density at radius 2 is 2.12 bits per heavy atom. The average Bonchev–Trinajstić information content (AvgIpc) is 2.27. The largest absolute Gasteiger partial charge is 0.478 e. The van der Waals surface area contributed by atoms with Crippen LogP contribution >= 0.6 is 0 Å². The highest BCUT2D eigenvalue weighted by Crippen LogP contribution is 2.31. The highest BCUT2D eigenvalue weighted by molar-refractivity contribution is 5.79. The highest BCUT2D eigenvalue weighted by atomic mass is 16.4. The number of rotatable bonds is 5. The molecule has 0 unspecified atom stereocenters. The molecule has 1 fully saturated rings. The van der Waals surface area contributed by atoms with Crippen molar-refractivity contribution < 1.29 is 15.0 Å². The Bertz CT molecular complexity index is 255. The van der Waals surface area contributed by atoms with Gasteiger partial charge in [0.1, 0.15) is 0 Å². The fourth-order valence-corrected chi connectivity index (χ4v) is 2.14. The third-order valence-corrected chi connectivity index (χ3v) is 3.39. The third kappa shape index (κ3) is 3.94. The van der Waals surface area contributed by atoms with E-state index >= 15 is 0 Å². The van der Waals surface area contributed by atoms with Gasteiger partial charge in [-0.3, -0.25) is 0 Å². The maximum atomic E-state index is 10.3. The molecular weight excluding hydrogens is 206 g/mol. The number of aliphatic hydroxyl groups is 1. The number of hydrogen-bond acceptors (Lipinski definition) is 3. The van der Waals surface area contributed by atoms with Gasteiger partial charge in [0.25, 0.3) is 0 Å². The van der Waals surface area contributed by atoms with Gasteiger partial charge in [-0.15, -0.1) is 0 Å². The van der Waals surface area contributed by atoms with E-state index < -0.39 is 5.97 Å². The van der Waals surface area contributed by atoms with Gasteiger partial charge in [-0.2, -0.15) is 0 Å². The van der Waals surface area contributed by atoms with Crippen LogP contribution in [0, 0.1) is 5.92 Å². The number of nitrogens with one attached hydrogen (secondary N) is 1. The first kappa shape index (κ1) is 13.2. The van der Waals surface area contributed by atoms with E-state index in [1.165, 1.54) is 0 Å². The molecule has 0 bridgehead atoms. The van der Waals surface area contributed by atoms with Gasteiger partial charge in [0, 0.05) is 18.2 Å². The summed E-state index contributed by atoms with van der Waals surface area (Å²) in [4.78, 5) is 10.3. The summed E-state index contributed by atoms with van der Waals surface area (Å²) in [5.41, 5.74) is -0.199. The zero-order valence-electron chi connectivity index (χ0n) is 9.78. The van der Waals surface area contributed by atoms with E-state index in [0.717, 1.165) is 37.7 Å². The Labute approximate surface area is 96.4 Å². The molecule has 0 aromatic rings. The molecule has 1 aliphatic rings. The number of hydrogen-bond donors (Lipinski definition) is 3. The minimum absolute atomic E-state index is 0.126. The Balaban J connectivity index is 2.39. The fraction of sp³-hybridized carbons (Fsp3) is 0.750. The quantitative estimate of drug-likeness (QED) is 0.616. The van der Waals surface area contributed by atoms with Crippen LogP contribution in [0.2, 0.25) is 0 Å². The van der Waals surface area contributed by atoms with Gasteiger partial charge >= 0.3 is 5.97 Å². The fourth-order valence-electron chi connectivity index (χ4n) is 2.14. The minimum Gasteiger partial charge on any atom is -0.478 e. The molecule has 0 aromatic carbocycles. The second-order valence-electron chi connectivity index (χ2n) is 4.74. The molecule has 4 heteroatoms.